The van der Waals surface area contributed by atoms with E-state index in [4.69, 9.17) is 14.2 Å². The second-order valence-corrected chi connectivity index (χ2v) is 8.18. The van der Waals surface area contributed by atoms with Crippen LogP contribution < -0.4 is 19.8 Å². The molecule has 0 aliphatic heterocycles. The highest BCUT2D eigenvalue weighted by Crippen LogP contribution is 2.30. The third-order valence-electron chi connectivity index (χ3n) is 4.09. The van der Waals surface area contributed by atoms with Crippen molar-refractivity contribution in [2.24, 2.45) is 0 Å². The Bertz CT molecular complexity index is 1060. The molecule has 0 unspecified atom stereocenters. The van der Waals surface area contributed by atoms with Crippen LogP contribution in [0.1, 0.15) is 13.8 Å². The monoisotopic (exact) mass is 428 g/mol. The van der Waals surface area contributed by atoms with Gasteiger partial charge in [-0.1, -0.05) is 11.8 Å². The largest absolute Gasteiger partial charge is 0.497 e. The molecule has 0 fully saturated rings. The van der Waals surface area contributed by atoms with Gasteiger partial charge in [0.15, 0.2) is 16.5 Å². The summed E-state index contributed by atoms with van der Waals surface area (Å²) in [5, 5.41) is 10.2. The maximum Gasteiger partial charge on any atom is 0.287 e. The van der Waals surface area contributed by atoms with Crippen LogP contribution in [0.25, 0.3) is 5.69 Å². The minimum atomic E-state index is -0.973. The fourth-order valence-electron chi connectivity index (χ4n) is 2.60. The Morgan fingerprint density at radius 1 is 1.07 bits per heavy atom. The summed E-state index contributed by atoms with van der Waals surface area (Å²) in [4.78, 5) is 18.1. The highest BCUT2D eigenvalue weighted by Gasteiger charge is 2.16. The zero-order chi connectivity index (χ0) is 21.7. The fourth-order valence-corrected chi connectivity index (χ4v) is 3.40. The Hall–Kier alpha value is -2.97. The van der Waals surface area contributed by atoms with E-state index >= 15 is 0 Å². The van der Waals surface area contributed by atoms with Gasteiger partial charge in [0, 0.05) is 23.4 Å². The molecule has 1 aromatic heterocycles. The lowest BCUT2D eigenvalue weighted by Gasteiger charge is -2.19. The van der Waals surface area contributed by atoms with E-state index in [2.05, 4.69) is 4.98 Å². The van der Waals surface area contributed by atoms with Crippen LogP contribution in [-0.2, 0) is 0 Å². The molecule has 0 saturated carbocycles. The Balaban J connectivity index is 1.88. The van der Waals surface area contributed by atoms with Gasteiger partial charge in [-0.25, -0.2) is 4.98 Å². The molecule has 0 radical (unpaired) electrons. The average Bonchev–Trinajstić information content (AvgIpc) is 2.73. The van der Waals surface area contributed by atoms with Crippen LogP contribution in [0.2, 0.25) is 0 Å². The maximum atomic E-state index is 13.0. The topological polar surface area (TPSA) is 82.8 Å². The molecule has 0 saturated heterocycles. The van der Waals surface area contributed by atoms with Crippen LogP contribution in [0.3, 0.4) is 0 Å². The lowest BCUT2D eigenvalue weighted by molar-refractivity contribution is 0.0276. The number of hydrogen-bond acceptors (Lipinski definition) is 7. The molecule has 0 bridgehead atoms. The minimum Gasteiger partial charge on any atom is -0.497 e. The van der Waals surface area contributed by atoms with E-state index in [1.165, 1.54) is 23.4 Å². The van der Waals surface area contributed by atoms with Crippen molar-refractivity contribution in [2.75, 3.05) is 20.8 Å². The van der Waals surface area contributed by atoms with Gasteiger partial charge in [-0.3, -0.25) is 9.36 Å². The Morgan fingerprint density at radius 2 is 1.80 bits per heavy atom. The van der Waals surface area contributed by atoms with Crippen LogP contribution >= 0.6 is 11.8 Å². The second-order valence-electron chi connectivity index (χ2n) is 7.12. The van der Waals surface area contributed by atoms with Gasteiger partial charge in [0.1, 0.15) is 12.4 Å². The second kappa shape index (κ2) is 9.23. The van der Waals surface area contributed by atoms with Crippen molar-refractivity contribution in [3.05, 3.63) is 65.2 Å². The van der Waals surface area contributed by atoms with Gasteiger partial charge in [-0.2, -0.15) is 0 Å². The van der Waals surface area contributed by atoms with E-state index in [9.17, 15) is 9.90 Å². The lowest BCUT2D eigenvalue weighted by atomic mass is 10.2. The van der Waals surface area contributed by atoms with Crippen molar-refractivity contribution < 1.29 is 19.3 Å². The van der Waals surface area contributed by atoms with Crippen molar-refractivity contribution in [2.45, 2.75) is 29.4 Å². The summed E-state index contributed by atoms with van der Waals surface area (Å²) in [5.41, 5.74) is -0.601. The fraction of sp³-hybridized carbons (Fsp3) is 0.273. The van der Waals surface area contributed by atoms with Gasteiger partial charge in [0.05, 0.1) is 25.5 Å². The van der Waals surface area contributed by atoms with Crippen molar-refractivity contribution in [3.63, 3.8) is 0 Å². The first-order valence-electron chi connectivity index (χ1n) is 9.24. The molecule has 0 amide bonds. The van der Waals surface area contributed by atoms with Crippen LogP contribution in [0.5, 0.6) is 17.2 Å². The predicted octanol–water partition coefficient (Wildman–Crippen LogP) is 3.55. The van der Waals surface area contributed by atoms with Gasteiger partial charge < -0.3 is 19.3 Å². The standard InChI is InChI=1S/C22H24N2O5S/c1-22(2,26)14-29-18-10-5-15(13-19(18)28-4)24-12-11-23-20(21(24)25)30-17-8-6-16(27-3)7-9-17/h5-13,26H,14H2,1-4H3. The molecular weight excluding hydrogens is 404 g/mol. The lowest BCUT2D eigenvalue weighted by Crippen LogP contribution is -2.28. The number of ether oxygens (including phenoxy) is 3. The van der Waals surface area contributed by atoms with E-state index in [0.29, 0.717) is 22.2 Å². The Labute approximate surface area is 179 Å². The van der Waals surface area contributed by atoms with Crippen LogP contribution in [0, 0.1) is 0 Å². The molecule has 30 heavy (non-hydrogen) atoms. The molecule has 3 aromatic rings. The van der Waals surface area contributed by atoms with Gasteiger partial charge >= 0.3 is 0 Å². The summed E-state index contributed by atoms with van der Waals surface area (Å²) >= 11 is 1.28. The summed E-state index contributed by atoms with van der Waals surface area (Å²) in [6.07, 6.45) is 3.19. The molecule has 158 valence electrons. The van der Waals surface area contributed by atoms with Crippen LogP contribution in [-0.4, -0.2) is 41.1 Å². The Kier molecular flexibility index (Phi) is 6.69. The van der Waals surface area contributed by atoms with Crippen molar-refractivity contribution in [3.8, 4) is 22.9 Å². The molecule has 7 nitrogen and oxygen atoms in total. The molecule has 3 rings (SSSR count). The number of hydrogen-bond donors (Lipinski definition) is 1. The van der Waals surface area contributed by atoms with Crippen LogP contribution in [0.4, 0.5) is 0 Å². The quantitative estimate of drug-likeness (QED) is 0.587. The summed E-state index contributed by atoms with van der Waals surface area (Å²) in [7, 11) is 3.13. The first-order chi connectivity index (χ1) is 14.3. The van der Waals surface area contributed by atoms with E-state index in [1.807, 2.05) is 24.3 Å². The van der Waals surface area contributed by atoms with Crippen molar-refractivity contribution >= 4 is 11.8 Å². The molecule has 1 N–H and O–H groups in total. The van der Waals surface area contributed by atoms with Gasteiger partial charge in [0.25, 0.3) is 5.56 Å². The molecule has 0 aliphatic carbocycles. The summed E-state index contributed by atoms with van der Waals surface area (Å²) in [5.74, 6) is 1.69. The van der Waals surface area contributed by atoms with E-state index in [-0.39, 0.29) is 12.2 Å². The normalized spacial score (nSPS) is 11.2. The molecule has 8 heteroatoms. The SMILES string of the molecule is COc1ccc(Sc2nccn(-c3ccc(OCC(C)(C)O)c(OC)c3)c2=O)cc1. The van der Waals surface area contributed by atoms with E-state index in [0.717, 1.165) is 10.6 Å². The number of benzene rings is 2. The number of rotatable bonds is 8. The number of nitrogens with zero attached hydrogens (tertiary/aromatic N) is 2. The van der Waals surface area contributed by atoms with Crippen LogP contribution in [0.15, 0.2) is 69.6 Å². The predicted molar refractivity (Wildman–Crippen MR) is 115 cm³/mol. The maximum absolute atomic E-state index is 13.0. The number of aliphatic hydroxyl groups is 1. The molecule has 0 spiro atoms. The van der Waals surface area contributed by atoms with Gasteiger partial charge in [0.2, 0.25) is 0 Å². The summed E-state index contributed by atoms with van der Waals surface area (Å²) in [6, 6.07) is 12.6. The Morgan fingerprint density at radius 3 is 2.43 bits per heavy atom. The highest BCUT2D eigenvalue weighted by atomic mass is 32.2. The minimum absolute atomic E-state index is 0.112. The first-order valence-corrected chi connectivity index (χ1v) is 10.1. The van der Waals surface area contributed by atoms with E-state index in [1.54, 1.807) is 51.6 Å². The van der Waals surface area contributed by atoms with Gasteiger partial charge in [-0.05, 0) is 50.2 Å². The average molecular weight is 429 g/mol. The molecule has 1 heterocycles. The van der Waals surface area contributed by atoms with Crippen molar-refractivity contribution in [1.29, 1.82) is 0 Å². The zero-order valence-corrected chi connectivity index (χ0v) is 18.1. The van der Waals surface area contributed by atoms with Crippen molar-refractivity contribution in [1.82, 2.24) is 9.55 Å². The summed E-state index contributed by atoms with van der Waals surface area (Å²) < 4.78 is 17.7. The third-order valence-corrected chi connectivity index (χ3v) is 5.07. The molecular formula is C22H24N2O5S. The molecule has 2 aromatic carbocycles. The third kappa shape index (κ3) is 5.34. The number of aromatic nitrogens is 2. The van der Waals surface area contributed by atoms with E-state index < -0.39 is 5.60 Å². The smallest absolute Gasteiger partial charge is 0.287 e. The number of methoxy groups -OCH3 is 2. The zero-order valence-electron chi connectivity index (χ0n) is 17.3. The van der Waals surface area contributed by atoms with Gasteiger partial charge in [-0.15, -0.1) is 0 Å². The summed E-state index contributed by atoms with van der Waals surface area (Å²) in [6.45, 7) is 3.43. The molecule has 0 aliphatic rings. The molecule has 0 atom stereocenters. The first kappa shape index (κ1) is 21.7. The highest BCUT2D eigenvalue weighted by molar-refractivity contribution is 7.99.